The summed E-state index contributed by atoms with van der Waals surface area (Å²) in [4.78, 5) is 11.8. The van der Waals surface area contributed by atoms with Gasteiger partial charge in [-0.15, -0.1) is 0 Å². The van der Waals surface area contributed by atoms with Gasteiger partial charge in [0.05, 0.1) is 18.3 Å². The molecule has 0 bridgehead atoms. The fourth-order valence-electron chi connectivity index (χ4n) is 5.56. The van der Waals surface area contributed by atoms with Crippen molar-refractivity contribution in [1.29, 1.82) is 0 Å². The van der Waals surface area contributed by atoms with Crippen LogP contribution in [0.3, 0.4) is 0 Å². The molecule has 2 saturated carbocycles. The Labute approximate surface area is 149 Å². The van der Waals surface area contributed by atoms with Gasteiger partial charge in [-0.1, -0.05) is 32.1 Å². The predicted octanol–water partition coefficient (Wildman–Crippen LogP) is 1.96. The summed E-state index contributed by atoms with van der Waals surface area (Å²) >= 11 is 0. The van der Waals surface area contributed by atoms with Crippen molar-refractivity contribution in [2.24, 2.45) is 22.7 Å². The summed E-state index contributed by atoms with van der Waals surface area (Å²) in [5.74, 6) is -0.0734. The minimum absolute atomic E-state index is 0.0280. The first kappa shape index (κ1) is 18.6. The summed E-state index contributed by atoms with van der Waals surface area (Å²) < 4.78 is 4.90. The Bertz CT molecular complexity index is 597. The van der Waals surface area contributed by atoms with E-state index in [4.69, 9.17) is 4.74 Å². The van der Waals surface area contributed by atoms with Gasteiger partial charge in [0.1, 0.15) is 12.7 Å². The standard InChI is InChI=1S/C20H30O5/c1-12-4-7-16-19(2,9-8-17(23)20(16,3)11-21)14(12)6-5-13-15(22)10-25-18(13)24/h5,14-17,21-23H,1,4,6-11H2,2-3H3/b13-5+/t14-,15-,16-,17-,19?,20+/m1/s1. The van der Waals surface area contributed by atoms with E-state index in [0.717, 1.165) is 24.8 Å². The van der Waals surface area contributed by atoms with Crippen molar-refractivity contribution in [3.8, 4) is 0 Å². The van der Waals surface area contributed by atoms with Crippen LogP contribution in [0.1, 0.15) is 46.0 Å². The van der Waals surface area contributed by atoms with E-state index in [-0.39, 0.29) is 30.5 Å². The zero-order chi connectivity index (χ0) is 18.4. The molecule has 3 fully saturated rings. The van der Waals surface area contributed by atoms with Crippen LogP contribution >= 0.6 is 0 Å². The molecule has 0 spiro atoms. The van der Waals surface area contributed by atoms with Gasteiger partial charge in [-0.05, 0) is 49.4 Å². The van der Waals surface area contributed by atoms with Crippen molar-refractivity contribution in [2.75, 3.05) is 13.2 Å². The summed E-state index contributed by atoms with van der Waals surface area (Å²) in [6.45, 7) is 8.50. The SMILES string of the molecule is C=C1CC[C@@H]2C(C)(CC[C@@H](O)[C@@]2(C)CO)[C@@H]1C/C=C1/C(=O)OC[C@H]1O. The van der Waals surface area contributed by atoms with Crippen LogP contribution in [0, 0.1) is 22.7 Å². The van der Waals surface area contributed by atoms with Crippen LogP contribution in [0.5, 0.6) is 0 Å². The number of allylic oxidation sites excluding steroid dienone is 2. The molecular formula is C20H30O5. The molecule has 1 aliphatic heterocycles. The molecule has 0 amide bonds. The molecule has 0 aromatic rings. The molecule has 0 aromatic carbocycles. The van der Waals surface area contributed by atoms with E-state index in [9.17, 15) is 20.1 Å². The molecule has 5 nitrogen and oxygen atoms in total. The number of ether oxygens (including phenoxy) is 1. The van der Waals surface area contributed by atoms with Gasteiger partial charge in [0.15, 0.2) is 0 Å². The minimum atomic E-state index is -0.844. The second-order valence-corrected chi connectivity index (χ2v) is 8.54. The second kappa shape index (κ2) is 6.53. The number of aliphatic hydroxyl groups excluding tert-OH is 3. The van der Waals surface area contributed by atoms with Crippen molar-refractivity contribution >= 4 is 5.97 Å². The topological polar surface area (TPSA) is 87.0 Å². The number of aliphatic hydroxyl groups is 3. The van der Waals surface area contributed by atoms with Crippen molar-refractivity contribution in [2.45, 2.75) is 58.2 Å². The van der Waals surface area contributed by atoms with E-state index >= 15 is 0 Å². The predicted molar refractivity (Wildman–Crippen MR) is 93.6 cm³/mol. The maximum atomic E-state index is 11.8. The lowest BCUT2D eigenvalue weighted by molar-refractivity contribution is -0.151. The number of cyclic esters (lactones) is 1. The Morgan fingerprint density at radius 1 is 1.32 bits per heavy atom. The van der Waals surface area contributed by atoms with Crippen LogP contribution in [0.2, 0.25) is 0 Å². The zero-order valence-corrected chi connectivity index (χ0v) is 15.2. The third kappa shape index (κ3) is 2.86. The lowest BCUT2D eigenvalue weighted by Gasteiger charge is -2.59. The van der Waals surface area contributed by atoms with E-state index in [2.05, 4.69) is 13.5 Å². The van der Waals surface area contributed by atoms with Crippen molar-refractivity contribution in [3.05, 3.63) is 23.8 Å². The average Bonchev–Trinajstić information content (AvgIpc) is 2.89. The van der Waals surface area contributed by atoms with Gasteiger partial charge in [-0.2, -0.15) is 0 Å². The maximum absolute atomic E-state index is 11.8. The number of carbonyl (C=O) groups excluding carboxylic acids is 1. The molecule has 3 aliphatic rings. The Balaban J connectivity index is 1.89. The van der Waals surface area contributed by atoms with Crippen LogP contribution in [-0.4, -0.2) is 46.7 Å². The van der Waals surface area contributed by atoms with Gasteiger partial charge in [-0.3, -0.25) is 0 Å². The van der Waals surface area contributed by atoms with Gasteiger partial charge in [0.2, 0.25) is 0 Å². The highest BCUT2D eigenvalue weighted by Gasteiger charge is 2.57. The zero-order valence-electron chi connectivity index (χ0n) is 15.2. The maximum Gasteiger partial charge on any atom is 0.336 e. The van der Waals surface area contributed by atoms with E-state index in [1.165, 1.54) is 0 Å². The van der Waals surface area contributed by atoms with Crippen molar-refractivity contribution in [1.82, 2.24) is 0 Å². The molecule has 0 radical (unpaired) electrons. The lowest BCUT2D eigenvalue weighted by atomic mass is 9.46. The van der Waals surface area contributed by atoms with Crippen LogP contribution in [0.25, 0.3) is 0 Å². The Morgan fingerprint density at radius 3 is 2.64 bits per heavy atom. The first-order valence-electron chi connectivity index (χ1n) is 9.26. The van der Waals surface area contributed by atoms with E-state index < -0.39 is 23.6 Å². The van der Waals surface area contributed by atoms with Gasteiger partial charge >= 0.3 is 5.97 Å². The summed E-state index contributed by atoms with van der Waals surface area (Å²) in [6, 6.07) is 0. The van der Waals surface area contributed by atoms with Gasteiger partial charge in [0.25, 0.3) is 0 Å². The van der Waals surface area contributed by atoms with Crippen LogP contribution < -0.4 is 0 Å². The fraction of sp³-hybridized carbons (Fsp3) is 0.750. The normalized spacial score (nSPS) is 46.2. The Morgan fingerprint density at radius 2 is 2.04 bits per heavy atom. The monoisotopic (exact) mass is 350 g/mol. The van der Waals surface area contributed by atoms with Crippen LogP contribution in [0.15, 0.2) is 23.8 Å². The van der Waals surface area contributed by atoms with Crippen molar-refractivity contribution < 1.29 is 24.9 Å². The lowest BCUT2D eigenvalue weighted by Crippen LogP contribution is -2.57. The van der Waals surface area contributed by atoms with E-state index in [1.807, 2.05) is 13.0 Å². The first-order valence-corrected chi connectivity index (χ1v) is 9.26. The number of carbonyl (C=O) groups is 1. The number of esters is 1. The molecule has 1 saturated heterocycles. The molecule has 1 heterocycles. The molecule has 1 unspecified atom stereocenters. The molecule has 6 atom stereocenters. The van der Waals surface area contributed by atoms with E-state index in [1.54, 1.807) is 0 Å². The van der Waals surface area contributed by atoms with Gasteiger partial charge < -0.3 is 20.1 Å². The molecule has 3 rings (SSSR count). The molecule has 5 heteroatoms. The fourth-order valence-corrected chi connectivity index (χ4v) is 5.56. The van der Waals surface area contributed by atoms with Crippen LogP contribution in [0.4, 0.5) is 0 Å². The average molecular weight is 350 g/mol. The van der Waals surface area contributed by atoms with E-state index in [0.29, 0.717) is 18.4 Å². The Hall–Kier alpha value is -1.17. The smallest absolute Gasteiger partial charge is 0.336 e. The summed E-state index contributed by atoms with van der Waals surface area (Å²) in [6.07, 6.45) is 4.42. The van der Waals surface area contributed by atoms with Gasteiger partial charge in [0, 0.05) is 5.41 Å². The summed E-state index contributed by atoms with van der Waals surface area (Å²) in [5.41, 5.74) is 0.911. The highest BCUT2D eigenvalue weighted by atomic mass is 16.6. The van der Waals surface area contributed by atoms with Gasteiger partial charge in [-0.25, -0.2) is 4.79 Å². The molecule has 140 valence electrons. The number of fused-ring (bicyclic) bond motifs is 1. The highest BCUT2D eigenvalue weighted by Crippen LogP contribution is 2.61. The van der Waals surface area contributed by atoms with Crippen LogP contribution in [-0.2, 0) is 9.53 Å². The highest BCUT2D eigenvalue weighted by molar-refractivity contribution is 5.91. The number of hydrogen-bond donors (Lipinski definition) is 3. The molecule has 25 heavy (non-hydrogen) atoms. The third-order valence-corrected chi connectivity index (χ3v) is 7.23. The summed E-state index contributed by atoms with van der Waals surface area (Å²) in [7, 11) is 0. The largest absolute Gasteiger partial charge is 0.459 e. The number of hydrogen-bond acceptors (Lipinski definition) is 5. The quantitative estimate of drug-likeness (QED) is 0.411. The summed E-state index contributed by atoms with van der Waals surface area (Å²) in [5, 5.41) is 30.4. The number of rotatable bonds is 3. The third-order valence-electron chi connectivity index (χ3n) is 7.23. The Kier molecular flexibility index (Phi) is 4.86. The van der Waals surface area contributed by atoms with Crippen molar-refractivity contribution in [3.63, 3.8) is 0 Å². The molecule has 2 aliphatic carbocycles. The minimum Gasteiger partial charge on any atom is -0.459 e. The second-order valence-electron chi connectivity index (χ2n) is 8.54. The molecular weight excluding hydrogens is 320 g/mol. The molecule has 3 N–H and O–H groups in total. The first-order chi connectivity index (χ1) is 11.7. The molecule has 0 aromatic heterocycles.